The number of nitrogens with zero attached hydrogens (tertiary/aromatic N) is 4. The average Bonchev–Trinajstić information content (AvgIpc) is 3.16. The Bertz CT molecular complexity index is 903. The van der Waals surface area contributed by atoms with E-state index in [1.54, 1.807) is 16.0 Å². The number of rotatable bonds is 4. The first-order valence-electron chi connectivity index (χ1n) is 9.93. The molecule has 2 aromatic rings. The number of pyridine rings is 1. The number of hydrogen-bond donors (Lipinski definition) is 0. The van der Waals surface area contributed by atoms with Crippen molar-refractivity contribution in [2.24, 2.45) is 0 Å². The first-order valence-corrected chi connectivity index (χ1v) is 10.3. The molecule has 7 heteroatoms. The molecule has 1 aromatic heterocycles. The second kappa shape index (κ2) is 7.67. The molecule has 2 amide bonds. The van der Waals surface area contributed by atoms with Gasteiger partial charge in [0.2, 0.25) is 5.91 Å². The molecule has 3 heterocycles. The lowest BCUT2D eigenvalue weighted by atomic mass is 9.89. The van der Waals surface area contributed by atoms with Gasteiger partial charge in [-0.25, -0.2) is 4.98 Å². The summed E-state index contributed by atoms with van der Waals surface area (Å²) in [7, 11) is 0. The van der Waals surface area contributed by atoms with Gasteiger partial charge in [0, 0.05) is 30.4 Å². The maximum absolute atomic E-state index is 13.6. The molecule has 0 N–H and O–H groups in total. The number of halogens is 1. The topological polar surface area (TPSA) is 56.8 Å². The van der Waals surface area contributed by atoms with Gasteiger partial charge in [-0.3, -0.25) is 9.59 Å². The first-order chi connectivity index (χ1) is 13.9. The van der Waals surface area contributed by atoms with Gasteiger partial charge in [0.1, 0.15) is 17.9 Å². The van der Waals surface area contributed by atoms with Crippen LogP contribution in [0.4, 0.5) is 5.82 Å². The van der Waals surface area contributed by atoms with Gasteiger partial charge in [0.25, 0.3) is 5.91 Å². The summed E-state index contributed by atoms with van der Waals surface area (Å²) in [4.78, 5) is 36.9. The van der Waals surface area contributed by atoms with Crippen molar-refractivity contribution >= 4 is 29.2 Å². The van der Waals surface area contributed by atoms with Gasteiger partial charge in [-0.2, -0.15) is 0 Å². The summed E-state index contributed by atoms with van der Waals surface area (Å²) in [5, 5.41) is 0.651. The Hall–Kier alpha value is -2.60. The van der Waals surface area contributed by atoms with Gasteiger partial charge in [-0.1, -0.05) is 29.8 Å². The van der Waals surface area contributed by atoms with Crippen molar-refractivity contribution in [3.05, 3.63) is 59.2 Å². The number of hydrogen-bond acceptors (Lipinski definition) is 4. The molecule has 2 saturated heterocycles. The van der Waals surface area contributed by atoms with Crippen LogP contribution in [-0.2, 0) is 16.1 Å². The van der Waals surface area contributed by atoms with Gasteiger partial charge in [0.15, 0.2) is 0 Å². The lowest BCUT2D eigenvalue weighted by Crippen LogP contribution is -2.69. The van der Waals surface area contributed by atoms with Gasteiger partial charge in [0.05, 0.1) is 6.54 Å². The predicted molar refractivity (Wildman–Crippen MR) is 113 cm³/mol. The van der Waals surface area contributed by atoms with Crippen LogP contribution in [0.5, 0.6) is 0 Å². The van der Waals surface area contributed by atoms with Crippen LogP contribution in [0.2, 0.25) is 5.02 Å². The third-order valence-corrected chi connectivity index (χ3v) is 6.13. The smallest absolute Gasteiger partial charge is 0.251 e. The normalized spacial score (nSPS) is 22.3. The number of amides is 2. The zero-order valence-corrected chi connectivity index (χ0v) is 17.5. The van der Waals surface area contributed by atoms with E-state index >= 15 is 0 Å². The van der Waals surface area contributed by atoms with Crippen molar-refractivity contribution in [1.82, 2.24) is 14.8 Å². The van der Waals surface area contributed by atoms with Crippen LogP contribution in [0, 0.1) is 0 Å². The molecule has 152 valence electrons. The summed E-state index contributed by atoms with van der Waals surface area (Å²) < 4.78 is 0. The summed E-state index contributed by atoms with van der Waals surface area (Å²) in [6.07, 6.45) is 2.34. The van der Waals surface area contributed by atoms with Gasteiger partial charge < -0.3 is 14.7 Å². The quantitative estimate of drug-likeness (QED) is 0.774. The zero-order valence-electron chi connectivity index (χ0n) is 16.7. The Morgan fingerprint density at radius 3 is 2.55 bits per heavy atom. The second-order valence-corrected chi connectivity index (χ2v) is 8.46. The highest BCUT2D eigenvalue weighted by Crippen LogP contribution is 2.37. The summed E-state index contributed by atoms with van der Waals surface area (Å²) in [5.74, 6) is 0.841. The van der Waals surface area contributed by atoms with Crippen molar-refractivity contribution in [3.63, 3.8) is 0 Å². The molecule has 1 spiro atoms. The Kier molecular flexibility index (Phi) is 5.21. The van der Waals surface area contributed by atoms with E-state index in [1.807, 2.05) is 56.3 Å². The zero-order chi connectivity index (χ0) is 20.6. The maximum atomic E-state index is 13.6. The van der Waals surface area contributed by atoms with Gasteiger partial charge in [-0.05, 0) is 50.1 Å². The molecule has 0 bridgehead atoms. The van der Waals surface area contributed by atoms with Crippen molar-refractivity contribution in [1.29, 1.82) is 0 Å². The molecule has 0 aliphatic carbocycles. The molecular weight excluding hydrogens is 388 g/mol. The Labute approximate surface area is 176 Å². The van der Waals surface area contributed by atoms with Crippen LogP contribution in [-0.4, -0.2) is 57.8 Å². The van der Waals surface area contributed by atoms with Gasteiger partial charge >= 0.3 is 0 Å². The Morgan fingerprint density at radius 1 is 1.14 bits per heavy atom. The highest BCUT2D eigenvalue weighted by molar-refractivity contribution is 6.30. The lowest BCUT2D eigenvalue weighted by molar-refractivity contribution is -0.166. The molecule has 2 aliphatic heterocycles. The number of carbonyl (C=O) groups excluding carboxylic acids is 2. The molecule has 1 atom stereocenters. The Balaban J connectivity index is 1.69. The number of carbonyl (C=O) groups is 2. The third kappa shape index (κ3) is 3.57. The van der Waals surface area contributed by atoms with E-state index in [-0.39, 0.29) is 24.4 Å². The van der Waals surface area contributed by atoms with Crippen LogP contribution in [0.15, 0.2) is 48.7 Å². The van der Waals surface area contributed by atoms with Gasteiger partial charge in [-0.15, -0.1) is 0 Å². The minimum atomic E-state index is -0.878. The highest BCUT2D eigenvalue weighted by atomic mass is 35.5. The van der Waals surface area contributed by atoms with E-state index in [9.17, 15) is 9.59 Å². The van der Waals surface area contributed by atoms with E-state index < -0.39 is 5.54 Å². The molecule has 2 fully saturated rings. The predicted octanol–water partition coefficient (Wildman–Crippen LogP) is 2.96. The summed E-state index contributed by atoms with van der Waals surface area (Å²) in [5.41, 5.74) is 0.0840. The van der Waals surface area contributed by atoms with Crippen molar-refractivity contribution in [2.75, 3.05) is 24.5 Å². The number of anilines is 1. The van der Waals surface area contributed by atoms with E-state index in [0.717, 1.165) is 11.4 Å². The SMILES string of the molecule is CC(C)N1CC(=O)N(Cc2ccc(Cl)cc2)C2(CCN(c3ccccn3)C2)C1=O. The van der Waals surface area contributed by atoms with Crippen LogP contribution in [0.25, 0.3) is 0 Å². The highest BCUT2D eigenvalue weighted by Gasteiger charge is 2.56. The number of aromatic nitrogens is 1. The number of benzene rings is 1. The van der Waals surface area contributed by atoms with Crippen LogP contribution < -0.4 is 4.90 Å². The first kappa shape index (κ1) is 19.7. The summed E-state index contributed by atoms with van der Waals surface area (Å²) in [6.45, 7) is 5.56. The second-order valence-electron chi connectivity index (χ2n) is 8.02. The van der Waals surface area contributed by atoms with Crippen molar-refractivity contribution < 1.29 is 9.59 Å². The molecule has 0 radical (unpaired) electrons. The third-order valence-electron chi connectivity index (χ3n) is 5.88. The van der Waals surface area contributed by atoms with E-state index in [0.29, 0.717) is 31.1 Å². The summed E-state index contributed by atoms with van der Waals surface area (Å²) >= 11 is 6.01. The molecule has 4 rings (SSSR count). The number of piperazine rings is 1. The van der Waals surface area contributed by atoms with Crippen LogP contribution >= 0.6 is 11.6 Å². The fraction of sp³-hybridized carbons (Fsp3) is 0.409. The van der Waals surface area contributed by atoms with E-state index in [2.05, 4.69) is 9.88 Å². The minimum Gasteiger partial charge on any atom is -0.354 e. The minimum absolute atomic E-state index is 0.0175. The average molecular weight is 413 g/mol. The molecule has 1 aromatic carbocycles. The fourth-order valence-corrected chi connectivity index (χ4v) is 4.40. The molecular formula is C22H25ClN4O2. The van der Waals surface area contributed by atoms with Crippen LogP contribution in [0.3, 0.4) is 0 Å². The van der Waals surface area contributed by atoms with Crippen molar-refractivity contribution in [3.8, 4) is 0 Å². The van der Waals surface area contributed by atoms with Crippen LogP contribution in [0.1, 0.15) is 25.8 Å². The van der Waals surface area contributed by atoms with E-state index in [4.69, 9.17) is 11.6 Å². The van der Waals surface area contributed by atoms with E-state index in [1.165, 1.54) is 0 Å². The lowest BCUT2D eigenvalue weighted by Gasteiger charge is -2.48. The monoisotopic (exact) mass is 412 g/mol. The molecule has 6 nitrogen and oxygen atoms in total. The maximum Gasteiger partial charge on any atom is 0.251 e. The molecule has 2 aliphatic rings. The standard InChI is InChI=1S/C22H25ClN4O2/c1-16(2)26-14-20(28)27(13-17-6-8-18(23)9-7-17)22(21(26)29)10-12-25(15-22)19-5-3-4-11-24-19/h3-9,11,16H,10,12-15H2,1-2H3. The summed E-state index contributed by atoms with van der Waals surface area (Å²) in [6, 6.07) is 13.2. The molecule has 0 saturated carbocycles. The van der Waals surface area contributed by atoms with Crippen molar-refractivity contribution in [2.45, 2.75) is 38.4 Å². The Morgan fingerprint density at radius 2 is 1.90 bits per heavy atom. The largest absolute Gasteiger partial charge is 0.354 e. The molecule has 29 heavy (non-hydrogen) atoms. The fourth-order valence-electron chi connectivity index (χ4n) is 4.28. The molecule has 1 unspecified atom stereocenters.